The van der Waals surface area contributed by atoms with E-state index in [1.54, 1.807) is 17.7 Å². The molecule has 0 aliphatic carbocycles. The van der Waals surface area contributed by atoms with Gasteiger partial charge >= 0.3 is 0 Å². The highest BCUT2D eigenvalue weighted by atomic mass is 16.3. The maximum absolute atomic E-state index is 11.0. The van der Waals surface area contributed by atoms with E-state index in [0.717, 1.165) is 0 Å². The van der Waals surface area contributed by atoms with E-state index in [1.165, 1.54) is 6.07 Å². The van der Waals surface area contributed by atoms with Gasteiger partial charge in [0.15, 0.2) is 5.75 Å². The van der Waals surface area contributed by atoms with E-state index in [-0.39, 0.29) is 11.2 Å². The van der Waals surface area contributed by atoms with Crippen LogP contribution in [0.2, 0.25) is 0 Å². The van der Waals surface area contributed by atoms with Crippen molar-refractivity contribution in [2.45, 2.75) is 13.5 Å². The first-order valence-electron chi connectivity index (χ1n) is 3.98. The first-order valence-corrected chi connectivity index (χ1v) is 3.98. The smallest absolute Gasteiger partial charge is 0.223 e. The minimum absolute atomic E-state index is 0.188. The molecule has 0 unspecified atom stereocenters. The van der Waals surface area contributed by atoms with E-state index in [9.17, 15) is 9.90 Å². The van der Waals surface area contributed by atoms with Gasteiger partial charge in [-0.25, -0.2) is 0 Å². The van der Waals surface area contributed by atoms with Gasteiger partial charge in [0.2, 0.25) is 5.43 Å². The molecule has 0 aromatic carbocycles. The fourth-order valence-corrected chi connectivity index (χ4v) is 1.08. The summed E-state index contributed by atoms with van der Waals surface area (Å²) in [5.41, 5.74) is 0.219. The van der Waals surface area contributed by atoms with Gasteiger partial charge in [0.25, 0.3) is 0 Å². The lowest BCUT2D eigenvalue weighted by Gasteiger charge is -2.09. The Bertz CT molecular complexity index is 368. The summed E-state index contributed by atoms with van der Waals surface area (Å²) in [5, 5.41) is 9.31. The van der Waals surface area contributed by atoms with Crippen molar-refractivity contribution < 1.29 is 5.11 Å². The summed E-state index contributed by atoms with van der Waals surface area (Å²) >= 11 is 0. The maximum Gasteiger partial charge on any atom is 0.223 e. The van der Waals surface area contributed by atoms with Gasteiger partial charge in [-0.3, -0.25) is 9.79 Å². The highest BCUT2D eigenvalue weighted by molar-refractivity contribution is 5.25. The Balaban J connectivity index is 3.03. The average Bonchev–Trinajstić information content (AvgIpc) is 2.13. The van der Waals surface area contributed by atoms with Gasteiger partial charge in [-0.15, -0.1) is 0 Å². The first-order chi connectivity index (χ1) is 6.16. The molecular formula is C9H12N2O2. The normalized spacial score (nSPS) is 9.92. The lowest BCUT2D eigenvalue weighted by atomic mass is 10.3. The molecule has 0 atom stereocenters. The van der Waals surface area contributed by atoms with E-state index in [2.05, 4.69) is 11.7 Å². The van der Waals surface area contributed by atoms with E-state index in [1.807, 2.05) is 0 Å². The Labute approximate surface area is 76.2 Å². The zero-order valence-corrected chi connectivity index (χ0v) is 7.53. The molecule has 0 radical (unpaired) electrons. The third-order valence-electron chi connectivity index (χ3n) is 1.91. The highest BCUT2D eigenvalue weighted by Crippen LogP contribution is 2.08. The second-order valence-corrected chi connectivity index (χ2v) is 2.75. The van der Waals surface area contributed by atoms with Crippen LogP contribution in [0.5, 0.6) is 5.75 Å². The first kappa shape index (κ1) is 9.51. The summed E-state index contributed by atoms with van der Waals surface area (Å²) in [5.74, 6) is -0.188. The third-order valence-corrected chi connectivity index (χ3v) is 1.91. The van der Waals surface area contributed by atoms with Crippen molar-refractivity contribution in [2.24, 2.45) is 4.99 Å². The lowest BCUT2D eigenvalue weighted by Crippen LogP contribution is -2.11. The largest absolute Gasteiger partial charge is 0.503 e. The van der Waals surface area contributed by atoms with E-state index >= 15 is 0 Å². The molecule has 0 aliphatic heterocycles. The molecule has 1 rings (SSSR count). The number of hydrogen-bond acceptors (Lipinski definition) is 3. The van der Waals surface area contributed by atoms with Crippen LogP contribution in [0.3, 0.4) is 0 Å². The number of aromatic hydroxyl groups is 1. The van der Waals surface area contributed by atoms with Gasteiger partial charge in [-0.05, 0) is 13.6 Å². The molecular weight excluding hydrogens is 168 g/mol. The summed E-state index contributed by atoms with van der Waals surface area (Å²) in [6, 6.07) is 1.34. The fraction of sp³-hybridized carbons (Fsp3) is 0.333. The van der Waals surface area contributed by atoms with Gasteiger partial charge in [0.05, 0.1) is 12.2 Å². The summed E-state index contributed by atoms with van der Waals surface area (Å²) in [6.07, 6.45) is 1.64. The summed E-state index contributed by atoms with van der Waals surface area (Å²) in [6.45, 7) is 6.25. The minimum Gasteiger partial charge on any atom is -0.503 e. The topological polar surface area (TPSA) is 54.6 Å². The minimum atomic E-state index is -0.347. The van der Waals surface area contributed by atoms with Crippen LogP contribution in [-0.4, -0.2) is 22.9 Å². The molecule has 4 nitrogen and oxygen atoms in total. The predicted octanol–water partition coefficient (Wildman–Crippen LogP) is 0.563. The molecule has 1 aromatic heterocycles. The van der Waals surface area contributed by atoms with Crippen LogP contribution in [-0.2, 0) is 6.54 Å². The molecule has 13 heavy (non-hydrogen) atoms. The molecule has 4 heteroatoms. The number of nitrogens with zero attached hydrogens (tertiary/aromatic N) is 2. The van der Waals surface area contributed by atoms with Crippen LogP contribution in [0.4, 0.5) is 0 Å². The Morgan fingerprint density at radius 1 is 1.69 bits per heavy atom. The zero-order valence-electron chi connectivity index (χ0n) is 7.53. The van der Waals surface area contributed by atoms with Crippen molar-refractivity contribution in [1.82, 2.24) is 4.57 Å². The van der Waals surface area contributed by atoms with Crippen LogP contribution in [0.1, 0.15) is 5.69 Å². The molecule has 0 bridgehead atoms. The van der Waals surface area contributed by atoms with Gasteiger partial charge in [-0.2, -0.15) is 0 Å². The number of aromatic nitrogens is 1. The third kappa shape index (κ3) is 1.96. The Morgan fingerprint density at radius 2 is 2.38 bits per heavy atom. The molecule has 0 amide bonds. The second-order valence-electron chi connectivity index (χ2n) is 2.75. The lowest BCUT2D eigenvalue weighted by molar-refractivity contribution is 0.453. The maximum atomic E-state index is 11.0. The van der Waals surface area contributed by atoms with Crippen LogP contribution in [0, 0.1) is 6.92 Å². The van der Waals surface area contributed by atoms with Crippen molar-refractivity contribution in [3.63, 3.8) is 0 Å². The number of aliphatic imine (C=N–C) groups is 1. The van der Waals surface area contributed by atoms with E-state index in [4.69, 9.17) is 0 Å². The summed E-state index contributed by atoms with van der Waals surface area (Å²) in [4.78, 5) is 14.7. The van der Waals surface area contributed by atoms with E-state index in [0.29, 0.717) is 18.8 Å². The van der Waals surface area contributed by atoms with Gasteiger partial charge in [-0.1, -0.05) is 0 Å². The van der Waals surface area contributed by atoms with Crippen molar-refractivity contribution in [2.75, 3.05) is 6.54 Å². The molecule has 0 saturated carbocycles. The monoisotopic (exact) mass is 180 g/mol. The number of pyridine rings is 1. The van der Waals surface area contributed by atoms with Gasteiger partial charge < -0.3 is 9.67 Å². The van der Waals surface area contributed by atoms with Gasteiger partial charge in [0.1, 0.15) is 0 Å². The summed E-state index contributed by atoms with van der Waals surface area (Å²) in [7, 11) is 0. The SMILES string of the molecule is C=NCCn1ccc(=O)c(O)c1C. The Hall–Kier alpha value is -1.58. The molecule has 0 spiro atoms. The Kier molecular flexibility index (Phi) is 2.84. The van der Waals surface area contributed by atoms with Crippen LogP contribution >= 0.6 is 0 Å². The number of hydrogen-bond donors (Lipinski definition) is 1. The average molecular weight is 180 g/mol. The van der Waals surface area contributed by atoms with Crippen molar-refractivity contribution in [1.29, 1.82) is 0 Å². The highest BCUT2D eigenvalue weighted by Gasteiger charge is 2.03. The molecule has 0 fully saturated rings. The second kappa shape index (κ2) is 3.89. The molecule has 70 valence electrons. The van der Waals surface area contributed by atoms with Crippen LogP contribution < -0.4 is 5.43 Å². The van der Waals surface area contributed by atoms with Crippen LogP contribution in [0.25, 0.3) is 0 Å². The number of rotatable bonds is 3. The van der Waals surface area contributed by atoms with Crippen molar-refractivity contribution in [3.05, 3.63) is 28.2 Å². The van der Waals surface area contributed by atoms with Crippen molar-refractivity contribution >= 4 is 6.72 Å². The van der Waals surface area contributed by atoms with Crippen molar-refractivity contribution in [3.8, 4) is 5.75 Å². The molecule has 1 aromatic rings. The standard InChI is InChI=1S/C9H12N2O2/c1-7-9(13)8(12)3-5-11(7)6-4-10-2/h3,5,13H,2,4,6H2,1H3. The zero-order chi connectivity index (χ0) is 9.84. The predicted molar refractivity (Wildman–Crippen MR) is 51.5 cm³/mol. The van der Waals surface area contributed by atoms with Crippen LogP contribution in [0.15, 0.2) is 22.1 Å². The van der Waals surface area contributed by atoms with Gasteiger partial charge in [0, 0.05) is 18.8 Å². The molecule has 0 saturated heterocycles. The quantitative estimate of drug-likeness (QED) is 0.691. The van der Waals surface area contributed by atoms with E-state index < -0.39 is 0 Å². The summed E-state index contributed by atoms with van der Waals surface area (Å²) < 4.78 is 1.77. The molecule has 0 aliphatic rings. The Morgan fingerprint density at radius 3 is 3.00 bits per heavy atom. The molecule has 1 heterocycles. The fourth-order valence-electron chi connectivity index (χ4n) is 1.08. The molecule has 1 N–H and O–H groups in total.